The minimum atomic E-state index is 0.440. The van der Waals surface area contributed by atoms with Crippen LogP contribution in [0.15, 0.2) is 36.9 Å². The van der Waals surface area contributed by atoms with Gasteiger partial charge < -0.3 is 15.6 Å². The van der Waals surface area contributed by atoms with E-state index in [0.29, 0.717) is 4.99 Å². The number of imidazole rings is 1. The molecule has 1 aromatic heterocycles. The Hall–Kier alpha value is -1.88. The molecule has 1 aromatic carbocycles. The minimum absolute atomic E-state index is 0.440. The van der Waals surface area contributed by atoms with Crippen LogP contribution in [0.25, 0.3) is 0 Å². The van der Waals surface area contributed by atoms with E-state index in [0.717, 1.165) is 36.3 Å². The van der Waals surface area contributed by atoms with E-state index >= 15 is 0 Å². The van der Waals surface area contributed by atoms with Crippen LogP contribution in [0.5, 0.6) is 0 Å². The van der Waals surface area contributed by atoms with E-state index < -0.39 is 0 Å². The summed E-state index contributed by atoms with van der Waals surface area (Å²) in [4.78, 5) is 4.46. The average molecular weight is 274 g/mol. The molecule has 0 aliphatic rings. The maximum Gasteiger partial charge on any atom is 0.103 e. The Kier molecular flexibility index (Phi) is 4.52. The molecular formula is C14H18N4S. The molecule has 0 saturated carbocycles. The standard InChI is InChI=1S/C14H18N4S/c1-11-9-12(14(15)19)3-4-13(11)17-5-2-7-18-8-6-16-10-18/h3-4,6,8-10,17H,2,5,7H2,1H3,(H2,15,19). The molecule has 0 fully saturated rings. The number of benzene rings is 1. The zero-order chi connectivity index (χ0) is 13.7. The maximum atomic E-state index is 5.61. The highest BCUT2D eigenvalue weighted by atomic mass is 32.1. The summed E-state index contributed by atoms with van der Waals surface area (Å²) in [6, 6.07) is 6.00. The average Bonchev–Trinajstić information content (AvgIpc) is 2.89. The molecule has 4 nitrogen and oxygen atoms in total. The van der Waals surface area contributed by atoms with Gasteiger partial charge in [-0.15, -0.1) is 0 Å². The third kappa shape index (κ3) is 3.79. The van der Waals surface area contributed by atoms with Crippen molar-refractivity contribution in [3.63, 3.8) is 0 Å². The summed E-state index contributed by atoms with van der Waals surface area (Å²) >= 11 is 4.97. The van der Waals surface area contributed by atoms with Crippen LogP contribution in [-0.2, 0) is 6.54 Å². The van der Waals surface area contributed by atoms with Crippen LogP contribution in [0.1, 0.15) is 17.5 Å². The van der Waals surface area contributed by atoms with E-state index in [1.807, 2.05) is 30.7 Å². The third-order valence-electron chi connectivity index (χ3n) is 2.98. The van der Waals surface area contributed by atoms with Crippen molar-refractivity contribution in [1.82, 2.24) is 9.55 Å². The second kappa shape index (κ2) is 6.33. The number of aryl methyl sites for hydroxylation is 2. The lowest BCUT2D eigenvalue weighted by molar-refractivity contribution is 0.660. The largest absolute Gasteiger partial charge is 0.389 e. The second-order valence-electron chi connectivity index (χ2n) is 4.47. The summed E-state index contributed by atoms with van der Waals surface area (Å²) in [7, 11) is 0. The molecule has 0 amide bonds. The molecule has 0 spiro atoms. The number of nitrogens with one attached hydrogen (secondary N) is 1. The number of hydrogen-bond acceptors (Lipinski definition) is 3. The van der Waals surface area contributed by atoms with Gasteiger partial charge in [0.1, 0.15) is 4.99 Å². The topological polar surface area (TPSA) is 55.9 Å². The lowest BCUT2D eigenvalue weighted by Crippen LogP contribution is -2.11. The quantitative estimate of drug-likeness (QED) is 0.627. The van der Waals surface area contributed by atoms with Crippen molar-refractivity contribution in [3.8, 4) is 0 Å². The van der Waals surface area contributed by atoms with E-state index in [9.17, 15) is 0 Å². The van der Waals surface area contributed by atoms with Gasteiger partial charge >= 0.3 is 0 Å². The number of nitrogens with zero attached hydrogens (tertiary/aromatic N) is 2. The molecule has 19 heavy (non-hydrogen) atoms. The number of thiocarbonyl (C=S) groups is 1. The predicted octanol–water partition coefficient (Wildman–Crippen LogP) is 2.33. The Bertz CT molecular complexity index is 549. The summed E-state index contributed by atoms with van der Waals surface area (Å²) < 4.78 is 2.07. The van der Waals surface area contributed by atoms with Crippen molar-refractivity contribution in [2.75, 3.05) is 11.9 Å². The first-order valence-corrected chi connectivity index (χ1v) is 6.67. The first-order valence-electron chi connectivity index (χ1n) is 6.27. The van der Waals surface area contributed by atoms with Gasteiger partial charge in [0, 0.05) is 36.7 Å². The number of rotatable bonds is 6. The Morgan fingerprint density at radius 1 is 1.47 bits per heavy atom. The predicted molar refractivity (Wildman–Crippen MR) is 82.4 cm³/mol. The van der Waals surface area contributed by atoms with Gasteiger partial charge in [0.05, 0.1) is 6.33 Å². The molecule has 2 aromatic rings. The highest BCUT2D eigenvalue weighted by Gasteiger charge is 2.01. The van der Waals surface area contributed by atoms with Crippen molar-refractivity contribution in [1.29, 1.82) is 0 Å². The molecule has 5 heteroatoms. The molecule has 2 rings (SSSR count). The fourth-order valence-corrected chi connectivity index (χ4v) is 2.05. The van der Waals surface area contributed by atoms with Crippen LogP contribution in [-0.4, -0.2) is 21.1 Å². The lowest BCUT2D eigenvalue weighted by atomic mass is 10.1. The van der Waals surface area contributed by atoms with Crippen LogP contribution in [0, 0.1) is 6.92 Å². The molecule has 100 valence electrons. The van der Waals surface area contributed by atoms with E-state index in [2.05, 4.69) is 21.8 Å². The van der Waals surface area contributed by atoms with Crippen molar-refractivity contribution >= 4 is 22.9 Å². The molecule has 0 unspecified atom stereocenters. The van der Waals surface area contributed by atoms with Crippen LogP contribution in [0.3, 0.4) is 0 Å². The van der Waals surface area contributed by atoms with Gasteiger partial charge in [0.15, 0.2) is 0 Å². The Labute approximate surface area is 118 Å². The first-order chi connectivity index (χ1) is 9.16. The second-order valence-corrected chi connectivity index (χ2v) is 4.91. The van der Waals surface area contributed by atoms with Crippen LogP contribution in [0.4, 0.5) is 5.69 Å². The summed E-state index contributed by atoms with van der Waals surface area (Å²) in [6.07, 6.45) is 6.66. The molecular weight excluding hydrogens is 256 g/mol. The molecule has 0 aliphatic heterocycles. The minimum Gasteiger partial charge on any atom is -0.389 e. The monoisotopic (exact) mass is 274 g/mol. The van der Waals surface area contributed by atoms with Gasteiger partial charge in [-0.3, -0.25) is 0 Å². The van der Waals surface area contributed by atoms with E-state index in [4.69, 9.17) is 18.0 Å². The Morgan fingerprint density at radius 2 is 2.32 bits per heavy atom. The zero-order valence-electron chi connectivity index (χ0n) is 11.0. The van der Waals surface area contributed by atoms with E-state index in [1.165, 1.54) is 0 Å². The highest BCUT2D eigenvalue weighted by Crippen LogP contribution is 2.16. The number of anilines is 1. The molecule has 3 N–H and O–H groups in total. The van der Waals surface area contributed by atoms with Crippen molar-refractivity contribution < 1.29 is 0 Å². The van der Waals surface area contributed by atoms with Crippen molar-refractivity contribution in [3.05, 3.63) is 48.0 Å². The number of aromatic nitrogens is 2. The fraction of sp³-hybridized carbons (Fsp3) is 0.286. The Morgan fingerprint density at radius 3 is 2.95 bits per heavy atom. The summed E-state index contributed by atoms with van der Waals surface area (Å²) in [6.45, 7) is 3.95. The van der Waals surface area contributed by atoms with E-state index in [1.54, 1.807) is 6.20 Å². The summed E-state index contributed by atoms with van der Waals surface area (Å²) in [5.74, 6) is 0. The van der Waals surface area contributed by atoms with Gasteiger partial charge in [0.25, 0.3) is 0 Å². The van der Waals surface area contributed by atoms with Gasteiger partial charge in [-0.1, -0.05) is 12.2 Å². The molecule has 1 heterocycles. The van der Waals surface area contributed by atoms with Gasteiger partial charge in [0.2, 0.25) is 0 Å². The van der Waals surface area contributed by atoms with Gasteiger partial charge in [-0.25, -0.2) is 4.98 Å². The van der Waals surface area contributed by atoms with Crippen LogP contribution >= 0.6 is 12.2 Å². The SMILES string of the molecule is Cc1cc(C(N)=S)ccc1NCCCn1ccnc1. The lowest BCUT2D eigenvalue weighted by Gasteiger charge is -2.11. The molecule has 0 radical (unpaired) electrons. The number of nitrogens with two attached hydrogens (primary N) is 1. The zero-order valence-corrected chi connectivity index (χ0v) is 11.8. The summed E-state index contributed by atoms with van der Waals surface area (Å²) in [5.41, 5.74) is 8.81. The van der Waals surface area contributed by atoms with Gasteiger partial charge in [-0.05, 0) is 37.1 Å². The molecule has 0 bridgehead atoms. The number of hydrogen-bond donors (Lipinski definition) is 2. The summed E-state index contributed by atoms with van der Waals surface area (Å²) in [5, 5.41) is 3.42. The normalized spacial score (nSPS) is 10.4. The van der Waals surface area contributed by atoms with E-state index in [-0.39, 0.29) is 0 Å². The van der Waals surface area contributed by atoms with Crippen LogP contribution in [0.2, 0.25) is 0 Å². The smallest absolute Gasteiger partial charge is 0.103 e. The molecule has 0 saturated heterocycles. The molecule has 0 atom stereocenters. The Balaban J connectivity index is 1.84. The highest BCUT2D eigenvalue weighted by molar-refractivity contribution is 7.80. The molecule has 0 aliphatic carbocycles. The van der Waals surface area contributed by atoms with Crippen molar-refractivity contribution in [2.45, 2.75) is 19.9 Å². The first kappa shape index (κ1) is 13.5. The maximum absolute atomic E-state index is 5.61. The van der Waals surface area contributed by atoms with Crippen molar-refractivity contribution in [2.24, 2.45) is 5.73 Å². The fourth-order valence-electron chi connectivity index (χ4n) is 1.92. The van der Waals surface area contributed by atoms with Gasteiger partial charge in [-0.2, -0.15) is 0 Å². The van der Waals surface area contributed by atoms with Crippen LogP contribution < -0.4 is 11.1 Å². The third-order valence-corrected chi connectivity index (χ3v) is 3.21.